The molecule has 0 radical (unpaired) electrons. The third-order valence-corrected chi connectivity index (χ3v) is 3.74. The number of aromatic nitrogens is 2. The van der Waals surface area contributed by atoms with E-state index in [0.717, 1.165) is 5.69 Å². The van der Waals surface area contributed by atoms with Crippen LogP contribution in [0.5, 0.6) is 0 Å². The van der Waals surface area contributed by atoms with E-state index in [0.29, 0.717) is 29.2 Å². The van der Waals surface area contributed by atoms with Crippen LogP contribution in [0.15, 0.2) is 67.0 Å². The smallest absolute Gasteiger partial charge is 0.337 e. The fourth-order valence-corrected chi connectivity index (χ4v) is 2.36. The molecule has 3 rings (SSSR count). The van der Waals surface area contributed by atoms with E-state index in [1.54, 1.807) is 42.6 Å². The Morgan fingerprint density at radius 2 is 1.89 bits per heavy atom. The molecular weight excluding hydrogens is 344 g/mol. The van der Waals surface area contributed by atoms with Crippen LogP contribution in [-0.4, -0.2) is 29.0 Å². The molecule has 0 fully saturated rings. The second-order valence-corrected chi connectivity index (χ2v) is 5.63. The summed E-state index contributed by atoms with van der Waals surface area (Å²) >= 11 is 0. The Kier molecular flexibility index (Phi) is 5.73. The summed E-state index contributed by atoms with van der Waals surface area (Å²) < 4.78 is 4.68. The van der Waals surface area contributed by atoms with Crippen molar-refractivity contribution in [3.8, 4) is 0 Å². The number of esters is 1. The van der Waals surface area contributed by atoms with Crippen molar-refractivity contribution < 1.29 is 14.3 Å². The van der Waals surface area contributed by atoms with Gasteiger partial charge in [-0.25, -0.2) is 9.78 Å². The molecule has 1 amide bonds. The lowest BCUT2D eigenvalue weighted by Gasteiger charge is -2.08. The fourth-order valence-electron chi connectivity index (χ4n) is 2.36. The molecule has 0 bridgehead atoms. The normalized spacial score (nSPS) is 10.1. The van der Waals surface area contributed by atoms with E-state index in [1.807, 2.05) is 18.2 Å². The van der Waals surface area contributed by atoms with Crippen LogP contribution in [0.25, 0.3) is 0 Å². The predicted molar refractivity (Wildman–Crippen MR) is 102 cm³/mol. The number of carbonyl (C=O) groups is 2. The summed E-state index contributed by atoms with van der Waals surface area (Å²) in [5.74, 6) is -0.137. The second kappa shape index (κ2) is 8.57. The molecule has 27 heavy (non-hydrogen) atoms. The predicted octanol–water partition coefficient (Wildman–Crippen LogP) is 3.13. The Labute approximate surface area is 156 Å². The maximum Gasteiger partial charge on any atom is 0.337 e. The lowest BCUT2D eigenvalue weighted by Crippen LogP contribution is -2.13. The van der Waals surface area contributed by atoms with E-state index in [-0.39, 0.29) is 5.91 Å². The summed E-state index contributed by atoms with van der Waals surface area (Å²) in [6.07, 6.45) is 3.22. The van der Waals surface area contributed by atoms with Gasteiger partial charge in [0.15, 0.2) is 0 Å². The van der Waals surface area contributed by atoms with Crippen LogP contribution in [0.3, 0.4) is 0 Å². The van der Waals surface area contributed by atoms with Gasteiger partial charge in [0.1, 0.15) is 5.82 Å². The maximum absolute atomic E-state index is 12.4. The van der Waals surface area contributed by atoms with Crippen molar-refractivity contribution in [1.82, 2.24) is 9.97 Å². The number of anilines is 2. The van der Waals surface area contributed by atoms with Crippen LogP contribution in [-0.2, 0) is 11.3 Å². The van der Waals surface area contributed by atoms with E-state index >= 15 is 0 Å². The molecule has 0 saturated heterocycles. The largest absolute Gasteiger partial charge is 0.465 e. The van der Waals surface area contributed by atoms with Gasteiger partial charge in [0, 0.05) is 18.1 Å². The highest BCUT2D eigenvalue weighted by molar-refractivity contribution is 6.04. The van der Waals surface area contributed by atoms with Crippen molar-refractivity contribution in [2.45, 2.75) is 6.54 Å². The van der Waals surface area contributed by atoms with Gasteiger partial charge in [0.2, 0.25) is 0 Å². The molecule has 0 aliphatic rings. The third-order valence-electron chi connectivity index (χ3n) is 3.74. The lowest BCUT2D eigenvalue weighted by molar-refractivity contribution is 0.0600. The van der Waals surface area contributed by atoms with Crippen LogP contribution in [0.2, 0.25) is 0 Å². The van der Waals surface area contributed by atoms with Gasteiger partial charge in [-0.1, -0.05) is 12.1 Å². The molecule has 3 aromatic rings. The number of hydrogen-bond acceptors (Lipinski definition) is 6. The van der Waals surface area contributed by atoms with Gasteiger partial charge in [-0.15, -0.1) is 0 Å². The highest BCUT2D eigenvalue weighted by atomic mass is 16.5. The van der Waals surface area contributed by atoms with Crippen molar-refractivity contribution in [2.75, 3.05) is 17.7 Å². The van der Waals surface area contributed by atoms with E-state index in [2.05, 4.69) is 25.3 Å². The van der Waals surface area contributed by atoms with Crippen molar-refractivity contribution in [1.29, 1.82) is 0 Å². The first-order valence-corrected chi connectivity index (χ1v) is 8.25. The molecule has 1 aromatic carbocycles. The van der Waals surface area contributed by atoms with Gasteiger partial charge < -0.3 is 15.4 Å². The van der Waals surface area contributed by atoms with Gasteiger partial charge in [-0.2, -0.15) is 0 Å². The Bertz CT molecular complexity index is 927. The van der Waals surface area contributed by atoms with Gasteiger partial charge in [0.25, 0.3) is 5.91 Å². The molecule has 7 nitrogen and oxygen atoms in total. The molecule has 0 saturated carbocycles. The number of carbonyl (C=O) groups excluding carboxylic acids is 2. The van der Waals surface area contributed by atoms with E-state index in [4.69, 9.17) is 0 Å². The first-order chi connectivity index (χ1) is 13.2. The monoisotopic (exact) mass is 362 g/mol. The number of benzene rings is 1. The minimum Gasteiger partial charge on any atom is -0.465 e. The molecule has 7 heteroatoms. The zero-order valence-corrected chi connectivity index (χ0v) is 14.7. The highest BCUT2D eigenvalue weighted by Crippen LogP contribution is 2.14. The molecule has 0 spiro atoms. The number of ether oxygens (including phenoxy) is 1. The number of pyridine rings is 2. The third kappa shape index (κ3) is 4.88. The second-order valence-electron chi connectivity index (χ2n) is 5.63. The van der Waals surface area contributed by atoms with Gasteiger partial charge in [0.05, 0.1) is 30.5 Å². The quantitative estimate of drug-likeness (QED) is 0.655. The minimum atomic E-state index is -0.462. The maximum atomic E-state index is 12.4. The van der Waals surface area contributed by atoms with Gasteiger partial charge in [-0.05, 0) is 42.5 Å². The molecule has 0 aliphatic carbocycles. The molecule has 2 aromatic heterocycles. The molecule has 136 valence electrons. The zero-order chi connectivity index (χ0) is 19.1. The molecular formula is C20H18N4O3. The Morgan fingerprint density at radius 3 is 2.59 bits per heavy atom. The summed E-state index contributed by atoms with van der Waals surface area (Å²) in [5.41, 5.74) is 2.16. The van der Waals surface area contributed by atoms with E-state index in [1.165, 1.54) is 13.3 Å². The topological polar surface area (TPSA) is 93.2 Å². The van der Waals surface area contributed by atoms with Crippen molar-refractivity contribution >= 4 is 23.4 Å². The molecule has 2 N–H and O–H groups in total. The number of nitrogens with zero attached hydrogens (tertiary/aromatic N) is 2. The first kappa shape index (κ1) is 18.1. The van der Waals surface area contributed by atoms with E-state index in [9.17, 15) is 9.59 Å². The number of hydrogen-bond donors (Lipinski definition) is 2. The fraction of sp³-hybridized carbons (Fsp3) is 0.100. The number of nitrogens with one attached hydrogen (secondary N) is 2. The van der Waals surface area contributed by atoms with Crippen LogP contribution in [0.4, 0.5) is 11.5 Å². The summed E-state index contributed by atoms with van der Waals surface area (Å²) in [5, 5.41) is 5.88. The molecule has 2 heterocycles. The molecule has 0 aliphatic heterocycles. The van der Waals surface area contributed by atoms with Crippen molar-refractivity contribution in [3.63, 3.8) is 0 Å². The van der Waals surface area contributed by atoms with Crippen LogP contribution in [0.1, 0.15) is 26.4 Å². The SMILES string of the molecule is COC(=O)c1cccc(NC(=O)c2ccc(NCc3ccccn3)nc2)c1. The summed E-state index contributed by atoms with van der Waals surface area (Å²) in [7, 11) is 1.31. The Morgan fingerprint density at radius 1 is 1.00 bits per heavy atom. The lowest BCUT2D eigenvalue weighted by atomic mass is 10.2. The first-order valence-electron chi connectivity index (χ1n) is 8.25. The summed E-state index contributed by atoms with van der Waals surface area (Å²) in [6, 6.07) is 15.6. The van der Waals surface area contributed by atoms with Gasteiger partial charge >= 0.3 is 5.97 Å². The van der Waals surface area contributed by atoms with Crippen LogP contribution in [0, 0.1) is 0 Å². The van der Waals surface area contributed by atoms with Crippen molar-refractivity contribution in [2.24, 2.45) is 0 Å². The average molecular weight is 362 g/mol. The zero-order valence-electron chi connectivity index (χ0n) is 14.7. The average Bonchev–Trinajstić information content (AvgIpc) is 2.73. The van der Waals surface area contributed by atoms with Gasteiger partial charge in [-0.3, -0.25) is 9.78 Å². The van der Waals surface area contributed by atoms with Crippen LogP contribution >= 0.6 is 0 Å². The number of methoxy groups -OCH3 is 1. The molecule has 0 unspecified atom stereocenters. The number of amides is 1. The number of rotatable bonds is 6. The van der Waals surface area contributed by atoms with Crippen LogP contribution < -0.4 is 10.6 Å². The molecule has 0 atom stereocenters. The Balaban J connectivity index is 1.61. The Hall–Kier alpha value is -3.74. The summed E-state index contributed by atoms with van der Waals surface area (Å²) in [6.45, 7) is 0.541. The highest BCUT2D eigenvalue weighted by Gasteiger charge is 2.10. The van der Waals surface area contributed by atoms with Crippen molar-refractivity contribution in [3.05, 3.63) is 83.8 Å². The summed E-state index contributed by atoms with van der Waals surface area (Å²) in [4.78, 5) is 32.4. The van der Waals surface area contributed by atoms with E-state index < -0.39 is 5.97 Å². The minimum absolute atomic E-state index is 0.319. The standard InChI is InChI=1S/C20H18N4O3/c1-27-20(26)14-5-4-7-16(11-14)24-19(25)15-8-9-18(22-12-15)23-13-17-6-2-3-10-21-17/h2-12H,13H2,1H3,(H,22,23)(H,24,25).